The number of amides is 1. The third kappa shape index (κ3) is 6.92. The lowest BCUT2D eigenvalue weighted by Gasteiger charge is -2.26. The van der Waals surface area contributed by atoms with E-state index in [4.69, 9.17) is 51.1 Å². The second-order valence-corrected chi connectivity index (χ2v) is 7.93. The first-order chi connectivity index (χ1) is 11.9. The largest absolute Gasteiger partial charge is 0.445 e. The average molecular weight is 422 g/mol. The van der Waals surface area contributed by atoms with Crippen LogP contribution in [0.1, 0.15) is 11.1 Å². The Morgan fingerprint density at radius 2 is 1.68 bits per heavy atom. The summed E-state index contributed by atoms with van der Waals surface area (Å²) in [6, 6.07) is 16.6. The van der Waals surface area contributed by atoms with Crippen LogP contribution in [0.25, 0.3) is 0 Å². The zero-order valence-corrected chi connectivity index (χ0v) is 16.0. The molecule has 0 saturated carbocycles. The molecule has 0 aliphatic carbocycles. The minimum absolute atomic E-state index is 0.0107. The molecule has 0 fully saturated rings. The van der Waals surface area contributed by atoms with E-state index in [0.29, 0.717) is 17.1 Å². The van der Waals surface area contributed by atoms with Crippen molar-refractivity contribution in [3.63, 3.8) is 0 Å². The first-order valence-electron chi connectivity index (χ1n) is 7.37. The quantitative estimate of drug-likeness (QED) is 0.506. The molecule has 25 heavy (non-hydrogen) atoms. The van der Waals surface area contributed by atoms with Crippen molar-refractivity contribution >= 4 is 52.5 Å². The number of alkyl carbamates (subject to hydrolysis) is 1. The van der Waals surface area contributed by atoms with E-state index in [2.05, 4.69) is 10.6 Å². The van der Waals surface area contributed by atoms with Gasteiger partial charge in [-0.15, -0.1) is 0 Å². The van der Waals surface area contributed by atoms with Crippen molar-refractivity contribution in [3.8, 4) is 0 Å². The highest BCUT2D eigenvalue weighted by Gasteiger charge is 2.34. The van der Waals surface area contributed by atoms with Gasteiger partial charge in [-0.1, -0.05) is 94.9 Å². The topological polar surface area (TPSA) is 50.4 Å². The summed E-state index contributed by atoms with van der Waals surface area (Å²) in [4.78, 5) is 12.0. The van der Waals surface area contributed by atoms with Crippen LogP contribution in [-0.4, -0.2) is 16.1 Å². The Kier molecular flexibility index (Phi) is 7.66. The third-order valence-electron chi connectivity index (χ3n) is 3.26. The minimum Gasteiger partial charge on any atom is -0.445 e. The van der Waals surface area contributed by atoms with E-state index >= 15 is 0 Å². The van der Waals surface area contributed by atoms with Crippen LogP contribution >= 0.6 is 46.4 Å². The normalized spacial score (nSPS) is 12.5. The van der Waals surface area contributed by atoms with Gasteiger partial charge in [-0.2, -0.15) is 0 Å². The Labute approximate surface area is 166 Å². The SMILES string of the molecule is O=C(NC(NCc1ccccc1)C(Cl)(Cl)Cl)OCc1ccccc1Cl. The molecule has 134 valence electrons. The molecule has 4 nitrogen and oxygen atoms in total. The first kappa shape index (κ1) is 20.1. The summed E-state index contributed by atoms with van der Waals surface area (Å²) in [5.74, 6) is 0. The molecule has 0 aliphatic heterocycles. The van der Waals surface area contributed by atoms with E-state index in [1.807, 2.05) is 30.3 Å². The number of hydrogen-bond donors (Lipinski definition) is 2. The summed E-state index contributed by atoms with van der Waals surface area (Å²) >= 11 is 23.8. The molecule has 1 amide bonds. The Morgan fingerprint density at radius 1 is 1.04 bits per heavy atom. The van der Waals surface area contributed by atoms with Crippen LogP contribution in [0.3, 0.4) is 0 Å². The molecule has 0 bridgehead atoms. The molecule has 2 aromatic rings. The molecule has 0 heterocycles. The highest BCUT2D eigenvalue weighted by atomic mass is 35.6. The van der Waals surface area contributed by atoms with Crippen molar-refractivity contribution in [3.05, 3.63) is 70.7 Å². The second kappa shape index (κ2) is 9.51. The standard InChI is InChI=1S/C17H16Cl4N2O2/c18-14-9-5-4-8-13(14)11-25-16(24)23-15(17(19,20)21)22-10-12-6-2-1-3-7-12/h1-9,15,22H,10-11H2,(H,23,24). The van der Waals surface area contributed by atoms with Gasteiger partial charge >= 0.3 is 6.09 Å². The van der Waals surface area contributed by atoms with E-state index in [0.717, 1.165) is 5.56 Å². The van der Waals surface area contributed by atoms with Gasteiger partial charge in [0.05, 0.1) is 0 Å². The van der Waals surface area contributed by atoms with Crippen LogP contribution < -0.4 is 10.6 Å². The number of rotatable bonds is 6. The second-order valence-electron chi connectivity index (χ2n) is 5.15. The summed E-state index contributed by atoms with van der Waals surface area (Å²) in [6.07, 6.45) is -1.66. The van der Waals surface area contributed by atoms with Gasteiger partial charge in [0.2, 0.25) is 3.79 Å². The molecule has 8 heteroatoms. The van der Waals surface area contributed by atoms with Gasteiger partial charge in [0, 0.05) is 17.1 Å². The lowest BCUT2D eigenvalue weighted by Crippen LogP contribution is -2.53. The van der Waals surface area contributed by atoms with Gasteiger partial charge in [-0.3, -0.25) is 5.32 Å². The predicted octanol–water partition coefficient (Wildman–Crippen LogP) is 5.05. The molecule has 2 N–H and O–H groups in total. The van der Waals surface area contributed by atoms with Crippen molar-refractivity contribution < 1.29 is 9.53 Å². The number of alkyl halides is 3. The number of benzene rings is 2. The first-order valence-corrected chi connectivity index (χ1v) is 8.88. The van der Waals surface area contributed by atoms with Crippen LogP contribution in [-0.2, 0) is 17.9 Å². The average Bonchev–Trinajstić information content (AvgIpc) is 2.58. The van der Waals surface area contributed by atoms with Gasteiger partial charge in [-0.25, -0.2) is 4.79 Å². The molecular weight excluding hydrogens is 406 g/mol. The zero-order chi connectivity index (χ0) is 18.3. The maximum absolute atomic E-state index is 12.0. The van der Waals surface area contributed by atoms with Crippen molar-refractivity contribution in [1.82, 2.24) is 10.6 Å². The Bertz CT molecular complexity index is 693. The van der Waals surface area contributed by atoms with Gasteiger partial charge in [0.15, 0.2) is 0 Å². The molecule has 2 rings (SSSR count). The van der Waals surface area contributed by atoms with E-state index in [1.54, 1.807) is 24.3 Å². The minimum atomic E-state index is -1.75. The molecule has 2 aromatic carbocycles. The summed E-state index contributed by atoms with van der Waals surface area (Å²) in [5.41, 5.74) is 1.66. The van der Waals surface area contributed by atoms with Gasteiger partial charge in [0.1, 0.15) is 12.8 Å². The molecule has 1 unspecified atom stereocenters. The monoisotopic (exact) mass is 420 g/mol. The summed E-state index contributed by atoms with van der Waals surface area (Å²) < 4.78 is 3.38. The van der Waals surface area contributed by atoms with Gasteiger partial charge < -0.3 is 10.1 Å². The highest BCUT2D eigenvalue weighted by molar-refractivity contribution is 6.68. The highest BCUT2D eigenvalue weighted by Crippen LogP contribution is 2.29. The van der Waals surface area contributed by atoms with E-state index in [1.165, 1.54) is 0 Å². The molecular formula is C17H16Cl4N2O2. The van der Waals surface area contributed by atoms with Crippen LogP contribution in [0.4, 0.5) is 4.79 Å². The Balaban J connectivity index is 1.90. The maximum Gasteiger partial charge on any atom is 0.408 e. The summed E-state index contributed by atoms with van der Waals surface area (Å²) in [5, 5.41) is 6.00. The molecule has 0 radical (unpaired) electrons. The molecule has 0 aromatic heterocycles. The van der Waals surface area contributed by atoms with E-state index in [-0.39, 0.29) is 6.61 Å². The van der Waals surface area contributed by atoms with Crippen LogP contribution in [0, 0.1) is 0 Å². The fourth-order valence-electron chi connectivity index (χ4n) is 1.98. The maximum atomic E-state index is 12.0. The van der Waals surface area contributed by atoms with Crippen LogP contribution in [0.2, 0.25) is 5.02 Å². The lowest BCUT2D eigenvalue weighted by atomic mass is 10.2. The Hall–Kier alpha value is -1.17. The Morgan fingerprint density at radius 3 is 2.32 bits per heavy atom. The number of halogens is 4. The lowest BCUT2D eigenvalue weighted by molar-refractivity contribution is 0.133. The van der Waals surface area contributed by atoms with Crippen molar-refractivity contribution in [1.29, 1.82) is 0 Å². The van der Waals surface area contributed by atoms with E-state index < -0.39 is 16.1 Å². The summed E-state index contributed by atoms with van der Waals surface area (Å²) in [7, 11) is 0. The van der Waals surface area contributed by atoms with Crippen LogP contribution in [0.15, 0.2) is 54.6 Å². The molecule has 0 spiro atoms. The molecule has 0 saturated heterocycles. The fourth-order valence-corrected chi connectivity index (χ4v) is 2.57. The number of hydrogen-bond acceptors (Lipinski definition) is 3. The third-order valence-corrected chi connectivity index (χ3v) is 4.28. The van der Waals surface area contributed by atoms with Crippen molar-refractivity contribution in [2.24, 2.45) is 0 Å². The van der Waals surface area contributed by atoms with Gasteiger partial charge in [0.25, 0.3) is 0 Å². The number of nitrogens with one attached hydrogen (secondary N) is 2. The smallest absolute Gasteiger partial charge is 0.408 e. The molecule has 1 atom stereocenters. The molecule has 0 aliphatic rings. The predicted molar refractivity (Wildman–Crippen MR) is 102 cm³/mol. The summed E-state index contributed by atoms with van der Waals surface area (Å²) in [6.45, 7) is 0.418. The van der Waals surface area contributed by atoms with Crippen molar-refractivity contribution in [2.75, 3.05) is 0 Å². The van der Waals surface area contributed by atoms with E-state index in [9.17, 15) is 4.79 Å². The van der Waals surface area contributed by atoms with Crippen LogP contribution in [0.5, 0.6) is 0 Å². The zero-order valence-electron chi connectivity index (χ0n) is 13.0. The number of carbonyl (C=O) groups is 1. The van der Waals surface area contributed by atoms with Gasteiger partial charge in [-0.05, 0) is 11.6 Å². The number of carbonyl (C=O) groups excluding carboxylic acids is 1. The number of ether oxygens (including phenoxy) is 1. The van der Waals surface area contributed by atoms with Crippen molar-refractivity contribution in [2.45, 2.75) is 23.1 Å². The fraction of sp³-hybridized carbons (Fsp3) is 0.235.